The highest BCUT2D eigenvalue weighted by atomic mass is 32.1. The maximum Gasteiger partial charge on any atom is 0.222 e. The first-order chi connectivity index (χ1) is 11.6. The van der Waals surface area contributed by atoms with Crippen LogP contribution in [0, 0.1) is 6.92 Å². The van der Waals surface area contributed by atoms with Crippen molar-refractivity contribution in [3.63, 3.8) is 0 Å². The van der Waals surface area contributed by atoms with Gasteiger partial charge in [0.1, 0.15) is 12.4 Å². The molecule has 0 unspecified atom stereocenters. The van der Waals surface area contributed by atoms with Crippen LogP contribution in [-0.4, -0.2) is 48.8 Å². The van der Waals surface area contributed by atoms with Gasteiger partial charge in [-0.1, -0.05) is 0 Å². The van der Waals surface area contributed by atoms with E-state index < -0.39 is 0 Å². The number of amides is 1. The van der Waals surface area contributed by atoms with Crippen LogP contribution >= 0.6 is 11.3 Å². The fraction of sp³-hybridized carbons (Fsp3) is 0.625. The zero-order valence-electron chi connectivity index (χ0n) is 14.1. The molecule has 2 aromatic heterocycles. The van der Waals surface area contributed by atoms with E-state index in [1.54, 1.807) is 11.3 Å². The third kappa shape index (κ3) is 3.49. The van der Waals surface area contributed by atoms with Crippen LogP contribution in [0.3, 0.4) is 0 Å². The molecular formula is C16H23N5O2S. The van der Waals surface area contributed by atoms with Gasteiger partial charge >= 0.3 is 0 Å². The van der Waals surface area contributed by atoms with Crippen molar-refractivity contribution in [3.05, 3.63) is 27.7 Å². The second-order valence-corrected chi connectivity index (χ2v) is 7.17. The smallest absolute Gasteiger partial charge is 0.222 e. The van der Waals surface area contributed by atoms with Crippen LogP contribution in [0.1, 0.15) is 47.4 Å². The molecule has 3 heterocycles. The number of likely N-dealkylation sites (tertiary alicyclic amines) is 1. The molecule has 0 bridgehead atoms. The Balaban J connectivity index is 1.61. The number of carbonyl (C=O) groups is 1. The highest BCUT2D eigenvalue weighted by molar-refractivity contribution is 7.09. The lowest BCUT2D eigenvalue weighted by molar-refractivity contribution is -0.132. The number of nitrogens with zero attached hydrogens (tertiary/aromatic N) is 5. The fourth-order valence-corrected chi connectivity index (χ4v) is 4.01. The van der Waals surface area contributed by atoms with Gasteiger partial charge in [0.05, 0.1) is 11.2 Å². The van der Waals surface area contributed by atoms with Crippen LogP contribution in [0.25, 0.3) is 0 Å². The molecule has 0 aromatic carbocycles. The summed E-state index contributed by atoms with van der Waals surface area (Å²) < 4.78 is 1.85. The van der Waals surface area contributed by atoms with Gasteiger partial charge in [0, 0.05) is 37.4 Å². The number of piperidine rings is 1. The molecule has 3 rings (SSSR count). The average molecular weight is 349 g/mol. The molecule has 0 radical (unpaired) electrons. The summed E-state index contributed by atoms with van der Waals surface area (Å²) in [5.41, 5.74) is 2.86. The number of aliphatic hydroxyl groups is 1. The minimum Gasteiger partial charge on any atom is -0.388 e. The van der Waals surface area contributed by atoms with Gasteiger partial charge in [-0.3, -0.25) is 4.79 Å². The molecule has 8 heteroatoms. The van der Waals surface area contributed by atoms with Crippen LogP contribution in [0.5, 0.6) is 0 Å². The van der Waals surface area contributed by atoms with Gasteiger partial charge in [-0.05, 0) is 26.2 Å². The lowest BCUT2D eigenvalue weighted by Crippen LogP contribution is -2.39. The Kier molecular flexibility index (Phi) is 5.25. The highest BCUT2D eigenvalue weighted by Gasteiger charge is 2.28. The number of hydrogen-bond acceptors (Lipinski definition) is 6. The van der Waals surface area contributed by atoms with E-state index in [1.165, 1.54) is 4.88 Å². The third-order valence-electron chi connectivity index (χ3n) is 4.69. The summed E-state index contributed by atoms with van der Waals surface area (Å²) in [5, 5.41) is 17.5. The normalized spacial score (nSPS) is 18.1. The summed E-state index contributed by atoms with van der Waals surface area (Å²) in [5.74, 6) is 1.80. The molecule has 1 fully saturated rings. The minimum atomic E-state index is -0.118. The number of rotatable bonds is 5. The lowest BCUT2D eigenvalue weighted by Gasteiger charge is -2.32. The molecule has 1 N–H and O–H groups in total. The highest BCUT2D eigenvalue weighted by Crippen LogP contribution is 2.26. The summed E-state index contributed by atoms with van der Waals surface area (Å²) >= 11 is 1.62. The van der Waals surface area contributed by atoms with Gasteiger partial charge in [-0.2, -0.15) is 0 Å². The van der Waals surface area contributed by atoms with Gasteiger partial charge in [0.2, 0.25) is 5.91 Å². The van der Waals surface area contributed by atoms with E-state index in [2.05, 4.69) is 15.2 Å². The molecule has 7 nitrogen and oxygen atoms in total. The van der Waals surface area contributed by atoms with Crippen LogP contribution in [0.2, 0.25) is 0 Å². The summed E-state index contributed by atoms with van der Waals surface area (Å²) in [6.07, 6.45) is 3.25. The van der Waals surface area contributed by atoms with Gasteiger partial charge in [-0.25, -0.2) is 4.98 Å². The summed E-state index contributed by atoms with van der Waals surface area (Å²) in [6, 6.07) is 0. The molecule has 1 amide bonds. The van der Waals surface area contributed by atoms with Gasteiger partial charge in [0.15, 0.2) is 5.82 Å². The van der Waals surface area contributed by atoms with Crippen LogP contribution in [-0.2, 0) is 24.9 Å². The largest absolute Gasteiger partial charge is 0.388 e. The monoisotopic (exact) mass is 349 g/mol. The van der Waals surface area contributed by atoms with E-state index in [-0.39, 0.29) is 18.4 Å². The number of hydrogen-bond donors (Lipinski definition) is 1. The number of aryl methyl sites for hydroxylation is 2. The molecule has 2 aromatic rings. The SMILES string of the molecule is Cc1ncsc1CCC(=O)N1CCC[C@H](c2nnc(CO)n2C)C1. The molecule has 130 valence electrons. The predicted octanol–water partition coefficient (Wildman–Crippen LogP) is 1.41. The van der Waals surface area contributed by atoms with Gasteiger partial charge < -0.3 is 14.6 Å². The van der Waals surface area contributed by atoms with Crippen molar-refractivity contribution in [2.24, 2.45) is 7.05 Å². The van der Waals surface area contributed by atoms with E-state index in [9.17, 15) is 9.90 Å². The first kappa shape index (κ1) is 17.0. The van der Waals surface area contributed by atoms with E-state index in [1.807, 2.05) is 28.9 Å². The summed E-state index contributed by atoms with van der Waals surface area (Å²) in [4.78, 5) is 19.9. The third-order valence-corrected chi connectivity index (χ3v) is 5.69. The first-order valence-corrected chi connectivity index (χ1v) is 9.14. The van der Waals surface area contributed by atoms with Crippen molar-refractivity contribution < 1.29 is 9.90 Å². The molecule has 1 aliphatic heterocycles. The van der Waals surface area contributed by atoms with Crippen LogP contribution in [0.4, 0.5) is 0 Å². The molecule has 1 saturated heterocycles. The lowest BCUT2D eigenvalue weighted by atomic mass is 9.96. The second-order valence-electron chi connectivity index (χ2n) is 6.23. The van der Waals surface area contributed by atoms with E-state index in [4.69, 9.17) is 0 Å². The van der Waals surface area contributed by atoms with E-state index in [0.29, 0.717) is 18.8 Å². The van der Waals surface area contributed by atoms with Gasteiger partial charge in [0.25, 0.3) is 0 Å². The van der Waals surface area contributed by atoms with Crippen molar-refractivity contribution in [2.45, 2.75) is 45.1 Å². The first-order valence-electron chi connectivity index (χ1n) is 8.26. The zero-order chi connectivity index (χ0) is 17.1. The Morgan fingerprint density at radius 3 is 2.96 bits per heavy atom. The van der Waals surface area contributed by atoms with Crippen molar-refractivity contribution in [1.82, 2.24) is 24.6 Å². The molecule has 24 heavy (non-hydrogen) atoms. The Morgan fingerprint density at radius 1 is 1.46 bits per heavy atom. The predicted molar refractivity (Wildman–Crippen MR) is 90.7 cm³/mol. The number of aromatic nitrogens is 4. The molecular weight excluding hydrogens is 326 g/mol. The molecule has 0 aliphatic carbocycles. The maximum atomic E-state index is 12.6. The molecule has 1 atom stereocenters. The van der Waals surface area contributed by atoms with Crippen molar-refractivity contribution in [2.75, 3.05) is 13.1 Å². The average Bonchev–Trinajstić information content (AvgIpc) is 3.18. The zero-order valence-corrected chi connectivity index (χ0v) is 14.9. The topological polar surface area (TPSA) is 84.1 Å². The van der Waals surface area contributed by atoms with Crippen molar-refractivity contribution in [1.29, 1.82) is 0 Å². The second kappa shape index (κ2) is 7.40. The van der Waals surface area contributed by atoms with Crippen molar-refractivity contribution in [3.8, 4) is 0 Å². The van der Waals surface area contributed by atoms with Crippen LogP contribution in [0.15, 0.2) is 5.51 Å². The summed E-state index contributed by atoms with van der Waals surface area (Å²) in [6.45, 7) is 3.35. The molecule has 1 aliphatic rings. The number of thiazole rings is 1. The van der Waals surface area contributed by atoms with Gasteiger partial charge in [-0.15, -0.1) is 21.5 Å². The molecule has 0 saturated carbocycles. The Labute approximate surface area is 145 Å². The van der Waals surface area contributed by atoms with Crippen molar-refractivity contribution >= 4 is 17.2 Å². The minimum absolute atomic E-state index is 0.118. The van der Waals surface area contributed by atoms with Crippen LogP contribution < -0.4 is 0 Å². The Bertz CT molecular complexity index is 711. The maximum absolute atomic E-state index is 12.6. The standard InChI is InChI=1S/C16H23N5O2S/c1-11-13(24-10-17-11)5-6-15(23)21-7-3-4-12(8-21)16-19-18-14(9-22)20(16)2/h10,12,22H,3-9H2,1-2H3/t12-/m0/s1. The molecule has 0 spiro atoms. The number of aliphatic hydroxyl groups excluding tert-OH is 1. The van der Waals surface area contributed by atoms with E-state index in [0.717, 1.165) is 37.3 Å². The van der Waals surface area contributed by atoms with E-state index >= 15 is 0 Å². The quantitative estimate of drug-likeness (QED) is 0.882. The Hall–Kier alpha value is -1.80. The number of carbonyl (C=O) groups excluding carboxylic acids is 1. The Morgan fingerprint density at radius 2 is 2.29 bits per heavy atom. The fourth-order valence-electron chi connectivity index (χ4n) is 3.23. The summed E-state index contributed by atoms with van der Waals surface area (Å²) in [7, 11) is 1.87.